The molecule has 2 rings (SSSR count). The number of ether oxygens (including phenoxy) is 1. The summed E-state index contributed by atoms with van der Waals surface area (Å²) < 4.78 is 43.6. The minimum Gasteiger partial charge on any atom is -0.478 e. The van der Waals surface area contributed by atoms with Gasteiger partial charge in [-0.1, -0.05) is 46.3 Å². The molecule has 116 valence electrons. The molecule has 0 aliphatic rings. The third-order valence-corrected chi connectivity index (χ3v) is 3.52. The summed E-state index contributed by atoms with van der Waals surface area (Å²) >= 11 is 2.81. The maximum absolute atomic E-state index is 12.8. The molecule has 2 aromatic rings. The molecule has 0 amide bonds. The maximum Gasteiger partial charge on any atom is 0.417 e. The second-order valence-corrected chi connectivity index (χ2v) is 5.24. The molecule has 22 heavy (non-hydrogen) atoms. The fraction of sp³-hybridized carbons (Fsp3) is 0.133. The summed E-state index contributed by atoms with van der Waals surface area (Å²) in [6.07, 6.45) is -5.95. The Morgan fingerprint density at radius 3 is 2.32 bits per heavy atom. The van der Waals surface area contributed by atoms with E-state index in [9.17, 15) is 23.1 Å². The molecule has 0 heterocycles. The number of carbonyl (C=O) groups is 1. The summed E-state index contributed by atoms with van der Waals surface area (Å²) in [5, 5.41) is 9.22. The van der Waals surface area contributed by atoms with Gasteiger partial charge < -0.3 is 9.84 Å². The Hall–Kier alpha value is -2.02. The van der Waals surface area contributed by atoms with Gasteiger partial charge in [0.25, 0.3) is 0 Å². The van der Waals surface area contributed by atoms with Crippen LogP contribution in [0, 0.1) is 0 Å². The first-order valence-corrected chi connectivity index (χ1v) is 6.89. The zero-order chi connectivity index (χ0) is 16.3. The molecule has 0 aliphatic heterocycles. The van der Waals surface area contributed by atoms with E-state index >= 15 is 0 Å². The van der Waals surface area contributed by atoms with Crippen molar-refractivity contribution in [3.63, 3.8) is 0 Å². The molecule has 0 bridgehead atoms. The van der Waals surface area contributed by atoms with Crippen LogP contribution in [0.25, 0.3) is 0 Å². The minimum absolute atomic E-state index is 0.140. The number of carboxylic acids is 1. The zero-order valence-electron chi connectivity index (χ0n) is 11.0. The number of benzene rings is 2. The molecule has 0 aromatic heterocycles. The van der Waals surface area contributed by atoms with Crippen molar-refractivity contribution in [2.24, 2.45) is 0 Å². The highest BCUT2D eigenvalue weighted by atomic mass is 79.9. The molecule has 0 fully saturated rings. The van der Waals surface area contributed by atoms with Crippen molar-refractivity contribution in [3.05, 3.63) is 64.1 Å². The van der Waals surface area contributed by atoms with Gasteiger partial charge in [0.05, 0.1) is 5.56 Å². The van der Waals surface area contributed by atoms with Gasteiger partial charge in [-0.15, -0.1) is 0 Å². The number of aliphatic carboxylic acids is 1. The predicted octanol–water partition coefficient (Wildman–Crippen LogP) is 4.67. The van der Waals surface area contributed by atoms with E-state index in [0.29, 0.717) is 5.56 Å². The summed E-state index contributed by atoms with van der Waals surface area (Å²) in [7, 11) is 0. The first-order chi connectivity index (χ1) is 10.3. The van der Waals surface area contributed by atoms with Gasteiger partial charge in [-0.25, -0.2) is 4.79 Å². The zero-order valence-corrected chi connectivity index (χ0v) is 12.6. The number of rotatable bonds is 4. The fourth-order valence-corrected chi connectivity index (χ4v) is 2.29. The second kappa shape index (κ2) is 6.39. The van der Waals surface area contributed by atoms with E-state index in [1.54, 1.807) is 18.2 Å². The lowest BCUT2D eigenvalue weighted by atomic mass is 10.1. The number of hydrogen-bond acceptors (Lipinski definition) is 2. The standard InChI is InChI=1S/C15H10BrF3O3/c16-12-7-6-10(8-11(12)15(17,18)19)22-13(14(20)21)9-4-2-1-3-5-9/h1-8,13H,(H,20,21). The van der Waals surface area contributed by atoms with E-state index in [2.05, 4.69) is 15.9 Å². The van der Waals surface area contributed by atoms with E-state index in [1.165, 1.54) is 24.3 Å². The van der Waals surface area contributed by atoms with Gasteiger partial charge in [0.15, 0.2) is 0 Å². The van der Waals surface area contributed by atoms with Crippen molar-refractivity contribution in [3.8, 4) is 5.75 Å². The van der Waals surface area contributed by atoms with E-state index < -0.39 is 23.8 Å². The average molecular weight is 375 g/mol. The van der Waals surface area contributed by atoms with Crippen molar-refractivity contribution in [1.29, 1.82) is 0 Å². The van der Waals surface area contributed by atoms with Crippen molar-refractivity contribution in [2.45, 2.75) is 12.3 Å². The van der Waals surface area contributed by atoms with Crippen molar-refractivity contribution in [2.75, 3.05) is 0 Å². The van der Waals surface area contributed by atoms with Gasteiger partial charge in [0.2, 0.25) is 6.10 Å². The number of carboxylic acid groups (broad SMARTS) is 1. The van der Waals surface area contributed by atoms with Gasteiger partial charge in [-0.05, 0) is 18.2 Å². The molecule has 3 nitrogen and oxygen atoms in total. The van der Waals surface area contributed by atoms with Crippen molar-refractivity contribution < 1.29 is 27.8 Å². The van der Waals surface area contributed by atoms with E-state index in [4.69, 9.17) is 4.74 Å². The largest absolute Gasteiger partial charge is 0.478 e. The smallest absolute Gasteiger partial charge is 0.417 e. The van der Waals surface area contributed by atoms with Crippen molar-refractivity contribution in [1.82, 2.24) is 0 Å². The van der Waals surface area contributed by atoms with Gasteiger partial charge in [-0.2, -0.15) is 13.2 Å². The topological polar surface area (TPSA) is 46.5 Å². The molecule has 0 spiro atoms. The van der Waals surface area contributed by atoms with E-state index in [-0.39, 0.29) is 10.2 Å². The van der Waals surface area contributed by atoms with Crippen LogP contribution in [0.1, 0.15) is 17.2 Å². The van der Waals surface area contributed by atoms with Crippen LogP contribution in [-0.2, 0) is 11.0 Å². The number of alkyl halides is 3. The Balaban J connectivity index is 2.34. The summed E-state index contributed by atoms with van der Waals surface area (Å²) in [6, 6.07) is 11.2. The molecule has 1 N–H and O–H groups in total. The van der Waals surface area contributed by atoms with Crippen LogP contribution >= 0.6 is 15.9 Å². The molecular formula is C15H10BrF3O3. The Bertz CT molecular complexity index is 671. The van der Waals surface area contributed by atoms with Crippen LogP contribution in [0.15, 0.2) is 53.0 Å². The lowest BCUT2D eigenvalue weighted by molar-refractivity contribution is -0.145. The molecule has 0 saturated heterocycles. The third kappa shape index (κ3) is 3.79. The van der Waals surface area contributed by atoms with Gasteiger partial charge in [0, 0.05) is 10.0 Å². The molecule has 7 heteroatoms. The summed E-state index contributed by atoms with van der Waals surface area (Å²) in [5.41, 5.74) is -0.589. The molecular weight excluding hydrogens is 365 g/mol. The summed E-state index contributed by atoms with van der Waals surface area (Å²) in [6.45, 7) is 0. The van der Waals surface area contributed by atoms with Crippen LogP contribution in [0.2, 0.25) is 0 Å². The molecule has 1 atom stereocenters. The third-order valence-electron chi connectivity index (χ3n) is 2.82. The normalized spacial score (nSPS) is 12.7. The first-order valence-electron chi connectivity index (χ1n) is 6.10. The number of hydrogen-bond donors (Lipinski definition) is 1. The summed E-state index contributed by atoms with van der Waals surface area (Å²) in [4.78, 5) is 11.3. The fourth-order valence-electron chi connectivity index (χ4n) is 1.82. The van der Waals surface area contributed by atoms with Crippen LogP contribution in [0.4, 0.5) is 13.2 Å². The molecule has 2 aromatic carbocycles. The molecule has 0 saturated carbocycles. The Morgan fingerprint density at radius 2 is 1.77 bits per heavy atom. The highest BCUT2D eigenvalue weighted by Gasteiger charge is 2.34. The molecule has 1 unspecified atom stereocenters. The highest BCUT2D eigenvalue weighted by molar-refractivity contribution is 9.10. The Labute approximate surface area is 132 Å². The molecule has 0 aliphatic carbocycles. The lowest BCUT2D eigenvalue weighted by Crippen LogP contribution is -2.18. The average Bonchev–Trinajstić information content (AvgIpc) is 2.45. The maximum atomic E-state index is 12.8. The van der Waals surface area contributed by atoms with Gasteiger partial charge >= 0.3 is 12.1 Å². The predicted molar refractivity (Wildman–Crippen MR) is 76.6 cm³/mol. The van der Waals surface area contributed by atoms with Crippen LogP contribution in [0.5, 0.6) is 5.75 Å². The monoisotopic (exact) mass is 374 g/mol. The highest BCUT2D eigenvalue weighted by Crippen LogP contribution is 2.37. The van der Waals surface area contributed by atoms with Crippen LogP contribution < -0.4 is 4.74 Å². The SMILES string of the molecule is O=C(O)C(Oc1ccc(Br)c(C(F)(F)F)c1)c1ccccc1. The number of halogens is 4. The minimum atomic E-state index is -4.57. The van der Waals surface area contributed by atoms with E-state index in [1.807, 2.05) is 0 Å². The van der Waals surface area contributed by atoms with Gasteiger partial charge in [0.1, 0.15) is 5.75 Å². The van der Waals surface area contributed by atoms with Crippen molar-refractivity contribution >= 4 is 21.9 Å². The Morgan fingerprint density at radius 1 is 1.14 bits per heavy atom. The molecule has 0 radical (unpaired) electrons. The van der Waals surface area contributed by atoms with Gasteiger partial charge in [-0.3, -0.25) is 0 Å². The second-order valence-electron chi connectivity index (χ2n) is 4.39. The van der Waals surface area contributed by atoms with Crippen LogP contribution in [0.3, 0.4) is 0 Å². The lowest BCUT2D eigenvalue weighted by Gasteiger charge is -2.17. The summed E-state index contributed by atoms with van der Waals surface area (Å²) in [5.74, 6) is -1.46. The quantitative estimate of drug-likeness (QED) is 0.845. The van der Waals surface area contributed by atoms with E-state index in [0.717, 1.165) is 6.07 Å². The Kier molecular flexibility index (Phi) is 4.75. The van der Waals surface area contributed by atoms with Crippen LogP contribution in [-0.4, -0.2) is 11.1 Å². The first kappa shape index (κ1) is 16.4.